The van der Waals surface area contributed by atoms with Crippen molar-refractivity contribution in [2.75, 3.05) is 0 Å². The Morgan fingerprint density at radius 3 is 1.49 bits per heavy atom. The zero-order chi connectivity index (χ0) is 33.5. The van der Waals surface area contributed by atoms with E-state index < -0.39 is 9.52 Å². The normalized spacial score (nSPS) is 12.7. The number of pyridine rings is 1. The summed E-state index contributed by atoms with van der Waals surface area (Å²) < 4.78 is 4.73. The molecule has 0 unspecified atom stereocenters. The second-order valence-corrected chi connectivity index (χ2v) is 15.1. The minimum absolute atomic E-state index is 0.917. The number of rotatable bonds is 4. The molecule has 0 fully saturated rings. The highest BCUT2D eigenvalue weighted by atomic mass is 28.2. The standard InChI is InChI=1S/C45H29N5Si/c1-3-11-30(12-4-1)49-39-17-9-7-15-32(39)34-23-28(19-21-41(34)49)36-25-46-26-38-43-45(51-44(36)38)37(27-47-48-43)29-20-22-42-35(24-29)33-16-8-10-18-40(33)50(42)31-13-5-2-6-14-31/h1-27H,51H2. The summed E-state index contributed by atoms with van der Waals surface area (Å²) in [6.45, 7) is 0. The van der Waals surface area contributed by atoms with Gasteiger partial charge in [-0.15, -0.1) is 0 Å². The highest BCUT2D eigenvalue weighted by molar-refractivity contribution is 6.75. The van der Waals surface area contributed by atoms with Crippen LogP contribution in [0.25, 0.3) is 88.5 Å². The average molecular weight is 668 g/mol. The van der Waals surface area contributed by atoms with Gasteiger partial charge in [0.25, 0.3) is 0 Å². The quantitative estimate of drug-likeness (QED) is 0.177. The van der Waals surface area contributed by atoms with Gasteiger partial charge in [-0.3, -0.25) is 4.98 Å². The van der Waals surface area contributed by atoms with Gasteiger partial charge in [0, 0.05) is 56.4 Å². The van der Waals surface area contributed by atoms with Crippen LogP contribution in [-0.4, -0.2) is 33.8 Å². The maximum absolute atomic E-state index is 4.78. The summed E-state index contributed by atoms with van der Waals surface area (Å²) in [5, 5.41) is 17.0. The fraction of sp³-hybridized carbons (Fsp3) is 0. The molecule has 238 valence electrons. The van der Waals surface area contributed by atoms with Crippen LogP contribution in [-0.2, 0) is 0 Å². The van der Waals surface area contributed by atoms with Crippen molar-refractivity contribution in [2.45, 2.75) is 0 Å². The first-order valence-electron chi connectivity index (χ1n) is 17.3. The van der Waals surface area contributed by atoms with Crippen molar-refractivity contribution in [3.63, 3.8) is 0 Å². The fourth-order valence-electron chi connectivity index (χ4n) is 8.35. The van der Waals surface area contributed by atoms with Gasteiger partial charge >= 0.3 is 0 Å². The van der Waals surface area contributed by atoms with E-state index in [1.165, 1.54) is 76.2 Å². The molecule has 0 atom stereocenters. The molecule has 1 aliphatic rings. The van der Waals surface area contributed by atoms with E-state index in [0.29, 0.717) is 0 Å². The zero-order valence-corrected chi connectivity index (χ0v) is 28.9. The molecule has 0 N–H and O–H groups in total. The molecule has 0 aliphatic carbocycles. The smallest absolute Gasteiger partial charge is 0.0940 e. The molecule has 0 bridgehead atoms. The average Bonchev–Trinajstić information content (AvgIpc) is 3.86. The Hall–Kier alpha value is -6.63. The van der Waals surface area contributed by atoms with Crippen molar-refractivity contribution < 1.29 is 0 Å². The van der Waals surface area contributed by atoms with E-state index in [2.05, 4.69) is 160 Å². The molecular formula is C45H29N5Si. The number of para-hydroxylation sites is 4. The molecule has 0 saturated carbocycles. The molecule has 0 amide bonds. The van der Waals surface area contributed by atoms with Crippen LogP contribution in [0.15, 0.2) is 164 Å². The van der Waals surface area contributed by atoms with E-state index >= 15 is 0 Å². The number of hydrogen-bond acceptors (Lipinski definition) is 3. The third-order valence-corrected chi connectivity index (χ3v) is 12.8. The van der Waals surface area contributed by atoms with Gasteiger partial charge in [0.05, 0.1) is 43.5 Å². The van der Waals surface area contributed by atoms with Crippen molar-refractivity contribution in [1.82, 2.24) is 24.3 Å². The molecule has 0 saturated heterocycles. The van der Waals surface area contributed by atoms with Gasteiger partial charge < -0.3 is 9.13 Å². The van der Waals surface area contributed by atoms with E-state index in [9.17, 15) is 0 Å². The largest absolute Gasteiger partial charge is 0.309 e. The Kier molecular flexibility index (Phi) is 6.05. The van der Waals surface area contributed by atoms with Crippen molar-refractivity contribution in [3.8, 4) is 44.9 Å². The van der Waals surface area contributed by atoms with Gasteiger partial charge in [-0.1, -0.05) is 84.9 Å². The Morgan fingerprint density at radius 1 is 0.412 bits per heavy atom. The SMILES string of the molecule is c1ccc(-n2c3ccccc3c3cc(-c4cncc5c4[SiH2]c4c(-c6ccc7c(c6)c6ccccc6n7-c6ccccc6)cnnc4-5)ccc32)cc1. The lowest BCUT2D eigenvalue weighted by atomic mass is 10.0. The minimum Gasteiger partial charge on any atom is -0.309 e. The van der Waals surface area contributed by atoms with Crippen LogP contribution >= 0.6 is 0 Å². The number of benzene rings is 6. The van der Waals surface area contributed by atoms with Crippen molar-refractivity contribution in [3.05, 3.63) is 164 Å². The molecule has 1 aliphatic heterocycles. The lowest BCUT2D eigenvalue weighted by Gasteiger charge is -2.10. The topological polar surface area (TPSA) is 48.5 Å². The molecule has 6 heteroatoms. The fourth-order valence-corrected chi connectivity index (χ4v) is 10.6. The van der Waals surface area contributed by atoms with E-state index in [1.807, 2.05) is 18.6 Å². The molecule has 5 heterocycles. The highest BCUT2D eigenvalue weighted by Gasteiger charge is 2.28. The van der Waals surface area contributed by atoms with Crippen LogP contribution in [0.4, 0.5) is 0 Å². The summed E-state index contributed by atoms with van der Waals surface area (Å²) in [5.74, 6) is 0. The monoisotopic (exact) mass is 667 g/mol. The van der Waals surface area contributed by atoms with Crippen LogP contribution in [0.3, 0.4) is 0 Å². The van der Waals surface area contributed by atoms with Crippen molar-refractivity contribution >= 4 is 63.5 Å². The highest BCUT2D eigenvalue weighted by Crippen LogP contribution is 2.37. The molecule has 0 spiro atoms. The van der Waals surface area contributed by atoms with Crippen LogP contribution in [0.2, 0.25) is 0 Å². The Morgan fingerprint density at radius 2 is 0.902 bits per heavy atom. The maximum atomic E-state index is 4.78. The van der Waals surface area contributed by atoms with Gasteiger partial charge in [-0.2, -0.15) is 10.2 Å². The van der Waals surface area contributed by atoms with Crippen LogP contribution < -0.4 is 10.4 Å². The molecule has 11 rings (SSSR count). The lowest BCUT2D eigenvalue weighted by Crippen LogP contribution is -2.25. The molecule has 4 aromatic heterocycles. The van der Waals surface area contributed by atoms with E-state index in [-0.39, 0.29) is 0 Å². The van der Waals surface area contributed by atoms with E-state index in [1.54, 1.807) is 0 Å². The maximum Gasteiger partial charge on any atom is 0.0940 e. The van der Waals surface area contributed by atoms with E-state index in [4.69, 9.17) is 10.1 Å². The van der Waals surface area contributed by atoms with Gasteiger partial charge in [-0.05, 0) is 87.7 Å². The zero-order valence-electron chi connectivity index (χ0n) is 27.5. The molecule has 6 aromatic carbocycles. The lowest BCUT2D eigenvalue weighted by molar-refractivity contribution is 1.05. The molecular weight excluding hydrogens is 639 g/mol. The predicted molar refractivity (Wildman–Crippen MR) is 213 cm³/mol. The molecule has 51 heavy (non-hydrogen) atoms. The van der Waals surface area contributed by atoms with Crippen LogP contribution in [0, 0.1) is 0 Å². The van der Waals surface area contributed by atoms with Crippen molar-refractivity contribution in [2.24, 2.45) is 0 Å². The summed E-state index contributed by atoms with van der Waals surface area (Å²) in [6.07, 6.45) is 6.01. The van der Waals surface area contributed by atoms with Crippen LogP contribution in [0.5, 0.6) is 0 Å². The summed E-state index contributed by atoms with van der Waals surface area (Å²) in [5.41, 5.74) is 14.0. The number of fused-ring (bicyclic) bond motifs is 9. The first-order valence-corrected chi connectivity index (χ1v) is 18.7. The number of hydrogen-bond donors (Lipinski definition) is 0. The third kappa shape index (κ3) is 4.17. The summed E-state index contributed by atoms with van der Waals surface area (Å²) >= 11 is 0. The van der Waals surface area contributed by atoms with Gasteiger partial charge in [0.15, 0.2) is 0 Å². The first-order chi connectivity index (χ1) is 25.3. The Labute approximate surface area is 295 Å². The van der Waals surface area contributed by atoms with E-state index in [0.717, 1.165) is 22.6 Å². The van der Waals surface area contributed by atoms with Gasteiger partial charge in [0.2, 0.25) is 0 Å². The molecule has 10 aromatic rings. The molecule has 0 radical (unpaired) electrons. The summed E-state index contributed by atoms with van der Waals surface area (Å²) in [6, 6.07) is 52.4. The van der Waals surface area contributed by atoms with Gasteiger partial charge in [-0.25, -0.2) is 0 Å². The second-order valence-electron chi connectivity index (χ2n) is 13.3. The third-order valence-electron chi connectivity index (χ3n) is 10.6. The van der Waals surface area contributed by atoms with Gasteiger partial charge in [0.1, 0.15) is 0 Å². The number of nitrogens with zero attached hydrogens (tertiary/aromatic N) is 5. The minimum atomic E-state index is -0.917. The molecule has 5 nitrogen and oxygen atoms in total. The van der Waals surface area contributed by atoms with Crippen molar-refractivity contribution in [1.29, 1.82) is 0 Å². The Bertz CT molecular complexity index is 2790. The predicted octanol–water partition coefficient (Wildman–Crippen LogP) is 8.50. The second kappa shape index (κ2) is 10.9. The summed E-state index contributed by atoms with van der Waals surface area (Å²) in [4.78, 5) is 4.78. The number of aromatic nitrogens is 5. The first kappa shape index (κ1) is 28.2. The summed E-state index contributed by atoms with van der Waals surface area (Å²) in [7, 11) is -0.917. The Balaban J connectivity index is 1.04. The van der Waals surface area contributed by atoms with Crippen LogP contribution in [0.1, 0.15) is 0 Å².